The third kappa shape index (κ3) is 26.6. The number of amides is 2. The number of esters is 1. The van der Waals surface area contributed by atoms with Crippen molar-refractivity contribution in [1.82, 2.24) is 38.5 Å². The van der Waals surface area contributed by atoms with E-state index in [2.05, 4.69) is 35.3 Å². The van der Waals surface area contributed by atoms with Crippen LogP contribution in [0.2, 0.25) is 0 Å². The number of nitro groups is 1. The van der Waals surface area contributed by atoms with Gasteiger partial charge in [-0.1, -0.05) is 57.0 Å². The van der Waals surface area contributed by atoms with Crippen LogP contribution in [0.3, 0.4) is 0 Å². The third-order valence-electron chi connectivity index (χ3n) is 15.9. The van der Waals surface area contributed by atoms with Gasteiger partial charge in [-0.15, -0.1) is 0 Å². The summed E-state index contributed by atoms with van der Waals surface area (Å²) in [7, 11) is -13.8. The number of benzene rings is 5. The average molecular weight is 1680 g/mol. The highest BCUT2D eigenvalue weighted by atomic mass is 32.2. The summed E-state index contributed by atoms with van der Waals surface area (Å²) in [6, 6.07) is 30.1. The number of rotatable bonds is 39. The summed E-state index contributed by atoms with van der Waals surface area (Å²) in [5.74, 6) is -3.39. The van der Waals surface area contributed by atoms with Crippen LogP contribution in [0.5, 0.6) is 23.0 Å². The van der Waals surface area contributed by atoms with Gasteiger partial charge in [-0.05, 0) is 130 Å². The molecule has 0 aliphatic rings. The maximum Gasteiger partial charge on any atom is 0.422 e. The number of methoxy groups -OCH3 is 1. The maximum absolute atomic E-state index is 14.1. The molecular formula is C72H79F6N9O21S5. The van der Waals surface area contributed by atoms with Crippen molar-refractivity contribution < 1.29 is 118 Å². The van der Waals surface area contributed by atoms with Gasteiger partial charge < -0.3 is 44.2 Å². The molecular weight excluding hydrogens is 1600 g/mol. The second-order valence-electron chi connectivity index (χ2n) is 24.2. The van der Waals surface area contributed by atoms with Gasteiger partial charge in [0.25, 0.3) is 37.5 Å². The summed E-state index contributed by atoms with van der Waals surface area (Å²) < 4.78 is 217. The first-order valence-corrected chi connectivity index (χ1v) is 41.6. The number of para-hydroxylation sites is 4. The number of nitrogens with one attached hydrogen (secondary N) is 2. The van der Waals surface area contributed by atoms with Gasteiger partial charge in [-0.25, -0.2) is 43.2 Å². The number of nitrogens with zero attached hydrogens (tertiary/aromatic N) is 7. The number of sulfone groups is 1. The van der Waals surface area contributed by atoms with Crippen LogP contribution in [-0.2, 0) is 104 Å². The number of pyridine rings is 2. The number of carbonyl (C=O) groups excluding carboxylic acids is 3. The van der Waals surface area contributed by atoms with E-state index in [0.717, 1.165) is 20.1 Å². The number of alkyl halides is 6. The summed E-state index contributed by atoms with van der Waals surface area (Å²) in [6.07, 6.45) is -3.02. The highest BCUT2D eigenvalue weighted by Crippen LogP contribution is 2.33. The molecule has 113 heavy (non-hydrogen) atoms. The Labute approximate surface area is 650 Å². The molecule has 5 aromatic carbocycles. The summed E-state index contributed by atoms with van der Waals surface area (Å²) >= 11 is 0. The fraction of sp³-hybridized carbons (Fsp3) is 0.361. The highest BCUT2D eigenvalue weighted by molar-refractivity contribution is 7.92. The number of aromatic nitrogens is 6. The van der Waals surface area contributed by atoms with Crippen molar-refractivity contribution in [3.63, 3.8) is 0 Å². The first-order valence-electron chi connectivity index (χ1n) is 34.4. The van der Waals surface area contributed by atoms with Crippen LogP contribution in [0, 0.1) is 10.1 Å². The average Bonchev–Trinajstić information content (AvgIpc) is 1.61. The van der Waals surface area contributed by atoms with Crippen LogP contribution in [0.25, 0.3) is 22.1 Å². The Morgan fingerprint density at radius 3 is 1.39 bits per heavy atom. The molecule has 0 fully saturated rings. The van der Waals surface area contributed by atoms with E-state index >= 15 is 0 Å². The molecule has 9 aromatic rings. The van der Waals surface area contributed by atoms with Crippen molar-refractivity contribution in [2.24, 2.45) is 0 Å². The minimum Gasteiger partial charge on any atom is -0.484 e. The lowest BCUT2D eigenvalue weighted by atomic mass is 10.1. The van der Waals surface area contributed by atoms with E-state index in [4.69, 9.17) is 28.8 Å². The van der Waals surface area contributed by atoms with Gasteiger partial charge in [0.2, 0.25) is 10.3 Å². The Bertz CT molecular complexity index is 5190. The normalized spacial score (nSPS) is 12.3. The second kappa shape index (κ2) is 41.9. The number of nitro benzene ring substituents is 1. The predicted octanol–water partition coefficient (Wildman–Crippen LogP) is 10.3. The number of non-ortho nitro benzene ring substituents is 1. The van der Waals surface area contributed by atoms with Gasteiger partial charge in [-0.2, -0.15) is 26.3 Å². The molecule has 0 saturated heterocycles. The molecule has 0 saturated carbocycles. The van der Waals surface area contributed by atoms with Gasteiger partial charge in [-0.3, -0.25) is 47.7 Å². The van der Waals surface area contributed by atoms with Crippen LogP contribution < -0.4 is 29.6 Å². The molecule has 2 amide bonds. The zero-order valence-electron chi connectivity index (χ0n) is 61.1. The number of ether oxygens (including phenoxy) is 6. The smallest absolute Gasteiger partial charge is 0.422 e. The van der Waals surface area contributed by atoms with Crippen LogP contribution >= 0.6 is 0 Å². The molecule has 2 unspecified atom stereocenters. The van der Waals surface area contributed by atoms with Gasteiger partial charge in [0, 0.05) is 75.8 Å². The molecule has 0 radical (unpaired) electrons. The molecule has 41 heteroatoms. The Kier molecular flexibility index (Phi) is 33.2. The van der Waals surface area contributed by atoms with E-state index in [-0.39, 0.29) is 143 Å². The Morgan fingerprint density at radius 2 is 0.982 bits per heavy atom. The standard InChI is InChI=1S/C39H40F3N5O12S3.C31H33F3N4O8S2.C2H6O/c1-2-31-33(43-20-18-35(31)59-26-39(40,41)42)25-60(52)38-45-32-11-5-6-12-34(32)46(38)62(55,56)29-16-14-28(15-17-29)58-24-36(48)44-19-7-3-4-13-37(49)57-21-22-61(53,54)30-10-8-9-27(23-30)47(50)51;1-2-23-25(35-17-15-27(23)46-20-31(32,33)34)19-47(42)30-37-24-8-5-6-9-26(24)38(30)48(43,44)22-13-11-21(12-14-22)45-18-28(39)36-16-7-3-4-10-29(40)41;1-3-2/h5-6,8-12,14-18,20,23H,2-4,7,13,19,21-22,24-26H2,1H3,(H,44,48);5-6,8-9,11-15,17H,2-4,7,10,16,18-20H2,1H3,(H,36,39)(H,40,41);1-2H3. The predicted molar refractivity (Wildman–Crippen MR) is 399 cm³/mol. The molecule has 3 N–H and O–H groups in total. The Hall–Kier alpha value is -10.5. The van der Waals surface area contributed by atoms with Crippen molar-refractivity contribution in [1.29, 1.82) is 0 Å². The first kappa shape index (κ1) is 89.7. The van der Waals surface area contributed by atoms with Gasteiger partial charge in [0.15, 0.2) is 36.3 Å². The number of unbranched alkanes of at least 4 members (excludes halogenated alkanes) is 4. The molecule has 0 spiro atoms. The third-order valence-corrected chi connectivity index (χ3v) is 23.6. The Balaban J connectivity index is 0.000000312. The van der Waals surface area contributed by atoms with Gasteiger partial charge in [0.1, 0.15) is 29.6 Å². The van der Waals surface area contributed by atoms with Crippen LogP contribution in [0.1, 0.15) is 87.7 Å². The molecule has 0 aliphatic heterocycles. The van der Waals surface area contributed by atoms with E-state index in [1.54, 1.807) is 58.4 Å². The second-order valence-corrected chi connectivity index (χ2v) is 32.6. The zero-order valence-corrected chi connectivity index (χ0v) is 65.1. The number of carboxylic acid groups (broad SMARTS) is 1. The fourth-order valence-electron chi connectivity index (χ4n) is 10.6. The van der Waals surface area contributed by atoms with E-state index < -0.39 is 125 Å². The molecule has 2 atom stereocenters. The molecule has 9 rings (SSSR count). The van der Waals surface area contributed by atoms with Crippen molar-refractivity contribution in [2.45, 2.75) is 127 Å². The number of hydrogen-bond donors (Lipinski definition) is 3. The van der Waals surface area contributed by atoms with E-state index in [1.807, 2.05) is 0 Å². The van der Waals surface area contributed by atoms with Crippen LogP contribution in [0.15, 0.2) is 171 Å². The first-order chi connectivity index (χ1) is 53.6. The number of aliphatic carboxylic acids is 1. The number of hydrogen-bond acceptors (Lipinski definition) is 24. The van der Waals surface area contributed by atoms with Crippen LogP contribution in [-0.4, -0.2) is 174 Å². The largest absolute Gasteiger partial charge is 0.484 e. The minimum absolute atomic E-state index is 0.00835. The van der Waals surface area contributed by atoms with Crippen molar-refractivity contribution in [2.75, 3.05) is 66.1 Å². The lowest BCUT2D eigenvalue weighted by molar-refractivity contribution is -0.385. The topological polar surface area (TPSA) is 409 Å². The van der Waals surface area contributed by atoms with Gasteiger partial charge >= 0.3 is 24.3 Å². The van der Waals surface area contributed by atoms with Crippen molar-refractivity contribution in [3.8, 4) is 23.0 Å². The van der Waals surface area contributed by atoms with Crippen molar-refractivity contribution >= 4 is 103 Å². The van der Waals surface area contributed by atoms with E-state index in [0.29, 0.717) is 50.6 Å². The zero-order chi connectivity index (χ0) is 82.7. The lowest BCUT2D eigenvalue weighted by Crippen LogP contribution is -2.29. The molecule has 30 nitrogen and oxygen atoms in total. The molecule has 610 valence electrons. The number of carboxylic acids is 1. The number of fused-ring (bicyclic) bond motifs is 2. The maximum atomic E-state index is 14.1. The number of carbonyl (C=O) groups is 4. The SMILES string of the molecule is CCc1c(OCC(F)(F)F)ccnc1CS(=O)c1nc2ccccc2n1S(=O)(=O)c1ccc(OCC(=O)NCCCCCC(=O)O)cc1.CCc1c(OCC(F)(F)F)ccnc1CS(=O)c1nc2ccccc2n1S(=O)(=O)c1ccc(OCC(=O)NCCCCCC(=O)OCCS(=O)(=O)c2cccc([N+](=O)[O-])c2)cc1.COC. The summed E-state index contributed by atoms with van der Waals surface area (Å²) in [5, 5.41) is 24.3. The van der Waals surface area contributed by atoms with Crippen LogP contribution in [0.4, 0.5) is 32.0 Å². The minimum atomic E-state index is -4.59. The molecule has 4 aromatic heterocycles. The highest BCUT2D eigenvalue weighted by Gasteiger charge is 2.34. The molecule has 0 aliphatic carbocycles. The fourth-order valence-corrected chi connectivity index (χ4v) is 17.7. The monoisotopic (exact) mass is 1680 g/mol. The Morgan fingerprint density at radius 1 is 0.558 bits per heavy atom. The lowest BCUT2D eigenvalue weighted by Gasteiger charge is -2.15. The summed E-state index contributed by atoms with van der Waals surface area (Å²) in [4.78, 5) is 73.7. The number of imidazole rings is 2. The van der Waals surface area contributed by atoms with Gasteiger partial charge in [0.05, 0.1) is 91.9 Å². The number of halogens is 6. The molecule has 0 bridgehead atoms. The quantitative estimate of drug-likeness (QED) is 0.0106. The van der Waals surface area contributed by atoms with Crippen molar-refractivity contribution in [3.05, 3.63) is 178 Å². The van der Waals surface area contributed by atoms with E-state index in [1.165, 1.54) is 103 Å². The summed E-state index contributed by atoms with van der Waals surface area (Å²) in [6.45, 7) is -0.253. The molecule has 4 heterocycles. The summed E-state index contributed by atoms with van der Waals surface area (Å²) in [5.41, 5.74) is 1.31. The van der Waals surface area contributed by atoms with E-state index in [9.17, 15) is 89.3 Å².